The van der Waals surface area contributed by atoms with Gasteiger partial charge in [-0.15, -0.1) is 0 Å². The van der Waals surface area contributed by atoms with Gasteiger partial charge in [-0.2, -0.15) is 0 Å². The summed E-state index contributed by atoms with van der Waals surface area (Å²) in [7, 11) is 0. The van der Waals surface area contributed by atoms with Crippen molar-refractivity contribution in [2.24, 2.45) is 0 Å². The van der Waals surface area contributed by atoms with Crippen molar-refractivity contribution in [3.63, 3.8) is 0 Å². The lowest BCUT2D eigenvalue weighted by molar-refractivity contribution is 0.282. The maximum atomic E-state index is 9.30. The van der Waals surface area contributed by atoms with Gasteiger partial charge in [0.1, 0.15) is 0 Å². The van der Waals surface area contributed by atoms with Crippen molar-refractivity contribution >= 4 is 10.9 Å². The topological polar surface area (TPSA) is 25.2 Å². The second-order valence-corrected chi connectivity index (χ2v) is 4.77. The lowest BCUT2D eigenvalue weighted by Crippen LogP contribution is -2.09. The molecule has 0 saturated heterocycles. The number of nitrogens with zero attached hydrogens (tertiary/aromatic N) is 1. The average molecular weight is 215 g/mol. The number of aromatic nitrogens is 1. The van der Waals surface area contributed by atoms with E-state index in [4.69, 9.17) is 0 Å². The van der Waals surface area contributed by atoms with Gasteiger partial charge in [0.2, 0.25) is 0 Å². The molecule has 0 saturated carbocycles. The first kappa shape index (κ1) is 9.91. The van der Waals surface area contributed by atoms with Gasteiger partial charge < -0.3 is 9.67 Å². The van der Waals surface area contributed by atoms with E-state index in [1.807, 2.05) is 0 Å². The Labute approximate surface area is 95.5 Å². The molecular weight excluding hydrogens is 198 g/mol. The normalized spacial score (nSPS) is 14.7. The fourth-order valence-corrected chi connectivity index (χ4v) is 2.92. The minimum atomic E-state index is 0.145. The van der Waals surface area contributed by atoms with Crippen molar-refractivity contribution in [1.82, 2.24) is 4.57 Å². The number of benzene rings is 1. The second kappa shape index (κ2) is 3.36. The molecule has 2 aromatic rings. The maximum Gasteiger partial charge on any atom is 0.0682 e. The minimum absolute atomic E-state index is 0.145. The van der Waals surface area contributed by atoms with E-state index in [1.165, 1.54) is 34.1 Å². The Bertz CT molecular complexity index is 566. The summed E-state index contributed by atoms with van der Waals surface area (Å²) in [6.45, 7) is 5.67. The molecule has 1 aromatic heterocycles. The highest BCUT2D eigenvalue weighted by Gasteiger charge is 2.18. The van der Waals surface area contributed by atoms with Crippen LogP contribution in [0.15, 0.2) is 12.1 Å². The van der Waals surface area contributed by atoms with Crippen molar-refractivity contribution in [2.45, 2.75) is 39.8 Å². The SMILES string of the molecule is Cc1c(C)n2c3c(cc(CO)cc13)CCC2. The molecule has 0 unspecified atom stereocenters. The Balaban J connectivity index is 2.45. The van der Waals surface area contributed by atoms with Crippen molar-refractivity contribution in [3.05, 3.63) is 34.5 Å². The summed E-state index contributed by atoms with van der Waals surface area (Å²) in [6.07, 6.45) is 2.36. The molecule has 84 valence electrons. The van der Waals surface area contributed by atoms with Gasteiger partial charge in [0.25, 0.3) is 0 Å². The van der Waals surface area contributed by atoms with Crippen LogP contribution in [-0.2, 0) is 19.6 Å². The molecule has 16 heavy (non-hydrogen) atoms. The number of hydrogen-bond donors (Lipinski definition) is 1. The Kier molecular flexibility index (Phi) is 2.08. The van der Waals surface area contributed by atoms with E-state index in [1.54, 1.807) is 0 Å². The zero-order chi connectivity index (χ0) is 11.3. The minimum Gasteiger partial charge on any atom is -0.392 e. The summed E-state index contributed by atoms with van der Waals surface area (Å²) in [5.41, 5.74) is 6.60. The third-order valence-corrected chi connectivity index (χ3v) is 3.88. The highest BCUT2D eigenvalue weighted by atomic mass is 16.3. The molecule has 0 fully saturated rings. The fourth-order valence-electron chi connectivity index (χ4n) is 2.92. The van der Waals surface area contributed by atoms with Gasteiger partial charge >= 0.3 is 0 Å². The highest BCUT2D eigenvalue weighted by molar-refractivity contribution is 5.89. The van der Waals surface area contributed by atoms with Crippen LogP contribution in [0, 0.1) is 13.8 Å². The monoisotopic (exact) mass is 215 g/mol. The summed E-state index contributed by atoms with van der Waals surface area (Å²) in [4.78, 5) is 0. The van der Waals surface area contributed by atoms with E-state index >= 15 is 0 Å². The Hall–Kier alpha value is -1.28. The largest absolute Gasteiger partial charge is 0.392 e. The van der Waals surface area contributed by atoms with Gasteiger partial charge in [-0.05, 0) is 49.4 Å². The molecule has 1 aliphatic heterocycles. The Morgan fingerprint density at radius 2 is 2.12 bits per heavy atom. The number of hydrogen-bond acceptors (Lipinski definition) is 1. The van der Waals surface area contributed by atoms with Crippen LogP contribution in [0.4, 0.5) is 0 Å². The predicted molar refractivity (Wildman–Crippen MR) is 65.7 cm³/mol. The van der Waals surface area contributed by atoms with Crippen molar-refractivity contribution in [3.8, 4) is 0 Å². The molecule has 0 atom stereocenters. The van der Waals surface area contributed by atoms with Gasteiger partial charge in [0.05, 0.1) is 12.1 Å². The summed E-state index contributed by atoms with van der Waals surface area (Å²) in [5.74, 6) is 0. The summed E-state index contributed by atoms with van der Waals surface area (Å²) < 4.78 is 2.44. The van der Waals surface area contributed by atoms with Crippen molar-refractivity contribution in [2.75, 3.05) is 0 Å². The first-order chi connectivity index (χ1) is 7.72. The van der Waals surface area contributed by atoms with Crippen molar-refractivity contribution < 1.29 is 5.11 Å². The standard InChI is InChI=1S/C14H17NO/c1-9-10(2)15-5-3-4-12-6-11(8-16)7-13(9)14(12)15/h6-7,16H,3-5,8H2,1-2H3. The third kappa shape index (κ3) is 1.17. The van der Waals surface area contributed by atoms with Crippen LogP contribution >= 0.6 is 0 Å². The Morgan fingerprint density at radius 1 is 1.31 bits per heavy atom. The Morgan fingerprint density at radius 3 is 2.88 bits per heavy atom. The van der Waals surface area contributed by atoms with Crippen LogP contribution in [0.25, 0.3) is 10.9 Å². The molecule has 2 heterocycles. The third-order valence-electron chi connectivity index (χ3n) is 3.88. The number of rotatable bonds is 1. The van der Waals surface area contributed by atoms with Crippen LogP contribution in [-0.4, -0.2) is 9.67 Å². The number of aliphatic hydroxyl groups is 1. The molecule has 0 bridgehead atoms. The van der Waals surface area contributed by atoms with Crippen LogP contribution < -0.4 is 0 Å². The molecular formula is C14H17NO. The predicted octanol–water partition coefficient (Wildman–Crippen LogP) is 2.70. The molecule has 0 radical (unpaired) electrons. The summed E-state index contributed by atoms with van der Waals surface area (Å²) in [5, 5.41) is 10.6. The molecule has 1 aromatic carbocycles. The van der Waals surface area contributed by atoms with Gasteiger partial charge in [0, 0.05) is 17.6 Å². The molecule has 1 aliphatic rings. The molecule has 2 heteroatoms. The van der Waals surface area contributed by atoms with Crippen LogP contribution in [0.2, 0.25) is 0 Å². The summed E-state index contributed by atoms with van der Waals surface area (Å²) in [6, 6.07) is 4.31. The highest BCUT2D eigenvalue weighted by Crippen LogP contribution is 2.33. The fraction of sp³-hybridized carbons (Fsp3) is 0.429. The second-order valence-electron chi connectivity index (χ2n) is 4.77. The lowest BCUT2D eigenvalue weighted by atomic mass is 9.99. The average Bonchev–Trinajstić information content (AvgIpc) is 2.56. The van der Waals surface area contributed by atoms with E-state index in [-0.39, 0.29) is 6.61 Å². The van der Waals surface area contributed by atoms with E-state index in [9.17, 15) is 5.11 Å². The van der Waals surface area contributed by atoms with E-state index in [2.05, 4.69) is 30.5 Å². The number of aliphatic hydroxyl groups excluding tert-OH is 1. The quantitative estimate of drug-likeness (QED) is 0.777. The molecule has 0 aliphatic carbocycles. The van der Waals surface area contributed by atoms with Gasteiger partial charge in [-0.3, -0.25) is 0 Å². The maximum absolute atomic E-state index is 9.30. The van der Waals surface area contributed by atoms with Crippen LogP contribution in [0.5, 0.6) is 0 Å². The molecule has 2 nitrogen and oxygen atoms in total. The molecule has 3 rings (SSSR count). The van der Waals surface area contributed by atoms with Gasteiger partial charge in [-0.1, -0.05) is 6.07 Å². The van der Waals surface area contributed by atoms with E-state index in [0.29, 0.717) is 0 Å². The van der Waals surface area contributed by atoms with Crippen LogP contribution in [0.1, 0.15) is 28.8 Å². The first-order valence-electron chi connectivity index (χ1n) is 5.94. The lowest BCUT2D eigenvalue weighted by Gasteiger charge is -2.17. The van der Waals surface area contributed by atoms with E-state index < -0.39 is 0 Å². The van der Waals surface area contributed by atoms with Gasteiger partial charge in [0.15, 0.2) is 0 Å². The molecule has 0 amide bonds. The molecule has 1 N–H and O–H groups in total. The van der Waals surface area contributed by atoms with Gasteiger partial charge in [-0.25, -0.2) is 0 Å². The summed E-state index contributed by atoms with van der Waals surface area (Å²) >= 11 is 0. The smallest absolute Gasteiger partial charge is 0.0682 e. The van der Waals surface area contributed by atoms with E-state index in [0.717, 1.165) is 18.5 Å². The molecule has 0 spiro atoms. The van der Waals surface area contributed by atoms with Crippen LogP contribution in [0.3, 0.4) is 0 Å². The zero-order valence-corrected chi connectivity index (χ0v) is 9.88. The zero-order valence-electron chi connectivity index (χ0n) is 9.88. The number of aryl methyl sites for hydroxylation is 3. The first-order valence-corrected chi connectivity index (χ1v) is 5.94. The van der Waals surface area contributed by atoms with Crippen molar-refractivity contribution in [1.29, 1.82) is 0 Å².